The van der Waals surface area contributed by atoms with Crippen molar-refractivity contribution in [2.75, 3.05) is 6.54 Å². The molecule has 0 atom stereocenters. The molecule has 4 rings (SSSR count). The lowest BCUT2D eigenvalue weighted by Crippen LogP contribution is -2.29. The molecule has 0 saturated carbocycles. The summed E-state index contributed by atoms with van der Waals surface area (Å²) in [6.07, 6.45) is 5.36. The van der Waals surface area contributed by atoms with Crippen molar-refractivity contribution in [2.24, 2.45) is 0 Å². The quantitative estimate of drug-likeness (QED) is 0.311. The minimum atomic E-state index is -0.205. The molecule has 1 aliphatic heterocycles. The number of carbonyl (C=O) groups excluding carboxylic acids is 2. The number of aromatic nitrogens is 1. The van der Waals surface area contributed by atoms with Crippen LogP contribution in [0.1, 0.15) is 17.7 Å². The van der Waals surface area contributed by atoms with Crippen molar-refractivity contribution in [3.05, 3.63) is 92.7 Å². The molecule has 1 saturated heterocycles. The number of thioether (sulfide) groups is 1. The smallest absolute Gasteiger partial charge is 0.293 e. The summed E-state index contributed by atoms with van der Waals surface area (Å²) in [7, 11) is 0. The first-order valence-corrected chi connectivity index (χ1v) is 11.2. The summed E-state index contributed by atoms with van der Waals surface area (Å²) in [6.45, 7) is 0.440. The van der Waals surface area contributed by atoms with E-state index in [0.717, 1.165) is 39.6 Å². The predicted molar refractivity (Wildman–Crippen MR) is 126 cm³/mol. The Hall–Kier alpha value is -2.32. The normalized spacial score (nSPS) is 15.5. The van der Waals surface area contributed by atoms with Gasteiger partial charge in [0.2, 0.25) is 0 Å². The fraction of sp³-hybridized carbons (Fsp3) is 0.130. The molecular formula is C23H19IN2O2S. The van der Waals surface area contributed by atoms with E-state index in [0.29, 0.717) is 11.4 Å². The number of carbonyl (C=O) groups is 2. The van der Waals surface area contributed by atoms with Crippen molar-refractivity contribution in [1.82, 2.24) is 9.47 Å². The van der Waals surface area contributed by atoms with Gasteiger partial charge in [0.1, 0.15) is 0 Å². The van der Waals surface area contributed by atoms with Crippen molar-refractivity contribution in [2.45, 2.75) is 12.8 Å². The highest BCUT2D eigenvalue weighted by Crippen LogP contribution is 2.33. The number of benzene rings is 2. The number of hydrogen-bond donors (Lipinski definition) is 0. The SMILES string of the molecule is O=C1S/C(=C/c2cccn2-c2ccc(I)cc2)C(=O)N1CCCc1ccccc1. The van der Waals surface area contributed by atoms with Crippen molar-refractivity contribution in [3.8, 4) is 5.69 Å². The van der Waals surface area contributed by atoms with Crippen LogP contribution in [0.25, 0.3) is 11.8 Å². The molecule has 3 aromatic rings. The summed E-state index contributed by atoms with van der Waals surface area (Å²) in [5.41, 5.74) is 3.11. The lowest BCUT2D eigenvalue weighted by Gasteiger charge is -2.12. The average molecular weight is 514 g/mol. The molecule has 29 heavy (non-hydrogen) atoms. The number of amides is 2. The Morgan fingerprint density at radius 3 is 2.45 bits per heavy atom. The first kappa shape index (κ1) is 20.0. The van der Waals surface area contributed by atoms with Crippen LogP contribution in [0.3, 0.4) is 0 Å². The summed E-state index contributed by atoms with van der Waals surface area (Å²) < 4.78 is 3.18. The number of rotatable bonds is 6. The third-order valence-electron chi connectivity index (χ3n) is 4.73. The van der Waals surface area contributed by atoms with Gasteiger partial charge < -0.3 is 4.57 Å². The molecule has 2 aromatic carbocycles. The molecule has 0 unspecified atom stereocenters. The molecule has 0 aliphatic carbocycles. The van der Waals surface area contributed by atoms with Crippen LogP contribution in [0.2, 0.25) is 0 Å². The molecule has 0 radical (unpaired) electrons. The van der Waals surface area contributed by atoms with Gasteiger partial charge in [-0.25, -0.2) is 0 Å². The summed E-state index contributed by atoms with van der Waals surface area (Å²) in [5.74, 6) is -0.205. The number of halogens is 1. The van der Waals surface area contributed by atoms with Gasteiger partial charge in [-0.2, -0.15) is 0 Å². The van der Waals surface area contributed by atoms with E-state index in [-0.39, 0.29) is 11.1 Å². The minimum absolute atomic E-state index is 0.193. The van der Waals surface area contributed by atoms with Gasteiger partial charge in [-0.1, -0.05) is 30.3 Å². The maximum atomic E-state index is 12.8. The maximum absolute atomic E-state index is 12.8. The van der Waals surface area contributed by atoms with Crippen LogP contribution in [0, 0.1) is 3.57 Å². The van der Waals surface area contributed by atoms with E-state index in [1.165, 1.54) is 10.5 Å². The Morgan fingerprint density at radius 1 is 0.931 bits per heavy atom. The molecule has 146 valence electrons. The first-order valence-electron chi connectivity index (χ1n) is 9.34. The van der Waals surface area contributed by atoms with Crippen molar-refractivity contribution < 1.29 is 9.59 Å². The zero-order valence-electron chi connectivity index (χ0n) is 15.6. The van der Waals surface area contributed by atoms with E-state index in [4.69, 9.17) is 0 Å². The van der Waals surface area contributed by atoms with Gasteiger partial charge in [0.25, 0.3) is 11.1 Å². The predicted octanol–water partition coefficient (Wildman–Crippen LogP) is 5.75. The topological polar surface area (TPSA) is 42.3 Å². The second-order valence-corrected chi connectivity index (χ2v) is 8.94. The first-order chi connectivity index (χ1) is 14.1. The summed E-state index contributed by atoms with van der Waals surface area (Å²) in [6, 6.07) is 22.1. The Balaban J connectivity index is 1.47. The van der Waals surface area contributed by atoms with Gasteiger partial charge in [0, 0.05) is 27.7 Å². The van der Waals surface area contributed by atoms with Crippen LogP contribution in [-0.2, 0) is 11.2 Å². The van der Waals surface area contributed by atoms with Crippen LogP contribution in [0.4, 0.5) is 4.79 Å². The number of nitrogens with zero attached hydrogens (tertiary/aromatic N) is 2. The van der Waals surface area contributed by atoms with E-state index in [1.807, 2.05) is 65.4 Å². The zero-order valence-corrected chi connectivity index (χ0v) is 18.6. The highest BCUT2D eigenvalue weighted by molar-refractivity contribution is 14.1. The van der Waals surface area contributed by atoms with E-state index in [9.17, 15) is 9.59 Å². The van der Waals surface area contributed by atoms with Crippen LogP contribution >= 0.6 is 34.4 Å². The van der Waals surface area contributed by atoms with Gasteiger partial charge in [0.15, 0.2) is 0 Å². The molecule has 0 bridgehead atoms. The highest BCUT2D eigenvalue weighted by Gasteiger charge is 2.34. The largest absolute Gasteiger partial charge is 0.317 e. The number of hydrogen-bond acceptors (Lipinski definition) is 3. The van der Waals surface area contributed by atoms with Gasteiger partial charge in [-0.05, 0) is 95.2 Å². The average Bonchev–Trinajstić information content (AvgIpc) is 3.29. The zero-order chi connectivity index (χ0) is 20.2. The second-order valence-electron chi connectivity index (χ2n) is 6.70. The molecule has 0 N–H and O–H groups in total. The van der Waals surface area contributed by atoms with Gasteiger partial charge in [-0.3, -0.25) is 14.5 Å². The molecule has 2 heterocycles. The molecule has 1 fully saturated rings. The Kier molecular flexibility index (Phi) is 6.20. The van der Waals surface area contributed by atoms with Crippen LogP contribution in [0.5, 0.6) is 0 Å². The van der Waals surface area contributed by atoms with E-state index in [1.54, 1.807) is 6.08 Å². The standard InChI is InChI=1S/C23H19IN2O2S/c24-18-10-12-19(13-11-18)25-14-5-9-20(25)16-21-22(27)26(23(28)29-21)15-4-8-17-6-2-1-3-7-17/h1-3,5-7,9-14,16H,4,8,15H2/b21-16+. The third-order valence-corrected chi connectivity index (χ3v) is 6.35. The van der Waals surface area contributed by atoms with Gasteiger partial charge in [-0.15, -0.1) is 0 Å². The Morgan fingerprint density at radius 2 is 1.69 bits per heavy atom. The minimum Gasteiger partial charge on any atom is -0.317 e. The summed E-state index contributed by atoms with van der Waals surface area (Å²) in [4.78, 5) is 27.0. The van der Waals surface area contributed by atoms with E-state index in [2.05, 4.69) is 34.7 Å². The number of imide groups is 1. The van der Waals surface area contributed by atoms with Gasteiger partial charge >= 0.3 is 0 Å². The van der Waals surface area contributed by atoms with Crippen molar-refractivity contribution in [1.29, 1.82) is 0 Å². The van der Waals surface area contributed by atoms with E-state index >= 15 is 0 Å². The van der Waals surface area contributed by atoms with Crippen LogP contribution in [0.15, 0.2) is 77.8 Å². The lowest BCUT2D eigenvalue weighted by atomic mass is 10.1. The fourth-order valence-electron chi connectivity index (χ4n) is 3.26. The summed E-state index contributed by atoms with van der Waals surface area (Å²) >= 11 is 3.29. The van der Waals surface area contributed by atoms with Gasteiger partial charge in [0.05, 0.1) is 4.91 Å². The molecular weight excluding hydrogens is 495 g/mol. The molecule has 4 nitrogen and oxygen atoms in total. The van der Waals surface area contributed by atoms with Crippen molar-refractivity contribution >= 4 is 51.6 Å². The van der Waals surface area contributed by atoms with Crippen LogP contribution < -0.4 is 0 Å². The summed E-state index contributed by atoms with van der Waals surface area (Å²) in [5, 5.41) is -0.193. The molecule has 1 aromatic heterocycles. The second kappa shape index (κ2) is 9.00. The fourth-order valence-corrected chi connectivity index (χ4v) is 4.47. The molecule has 6 heteroatoms. The maximum Gasteiger partial charge on any atom is 0.293 e. The van der Waals surface area contributed by atoms with Crippen molar-refractivity contribution in [3.63, 3.8) is 0 Å². The van der Waals surface area contributed by atoms with E-state index < -0.39 is 0 Å². The molecule has 2 amide bonds. The lowest BCUT2D eigenvalue weighted by molar-refractivity contribution is -0.122. The molecule has 0 spiro atoms. The third kappa shape index (κ3) is 4.64. The van der Waals surface area contributed by atoms with Crippen LogP contribution in [-0.4, -0.2) is 27.2 Å². The Labute approximate surface area is 187 Å². The highest BCUT2D eigenvalue weighted by atomic mass is 127. The Bertz CT molecular complexity index is 1060. The monoisotopic (exact) mass is 514 g/mol. The molecule has 1 aliphatic rings. The number of aryl methyl sites for hydroxylation is 1.